The lowest BCUT2D eigenvalue weighted by atomic mass is 10.1. The van der Waals surface area contributed by atoms with Gasteiger partial charge in [0.1, 0.15) is 0 Å². The average molecular weight is 262 g/mol. The first-order chi connectivity index (χ1) is 9.15. The van der Waals surface area contributed by atoms with E-state index in [1.54, 1.807) is 0 Å². The third-order valence-corrected chi connectivity index (χ3v) is 3.55. The van der Waals surface area contributed by atoms with E-state index in [-0.39, 0.29) is 0 Å². The molecule has 1 N–H and O–H groups in total. The van der Waals surface area contributed by atoms with E-state index < -0.39 is 0 Å². The fraction of sp³-hybridized carbons (Fsp3) is 0.647. The minimum absolute atomic E-state index is 0.781. The van der Waals surface area contributed by atoms with Crippen molar-refractivity contribution >= 4 is 0 Å². The molecule has 0 atom stereocenters. The van der Waals surface area contributed by atoms with Crippen LogP contribution in [-0.4, -0.2) is 24.5 Å². The van der Waals surface area contributed by atoms with Crippen molar-refractivity contribution < 1.29 is 0 Å². The first kappa shape index (κ1) is 16.2. The van der Waals surface area contributed by atoms with E-state index in [2.05, 4.69) is 62.2 Å². The van der Waals surface area contributed by atoms with Crippen molar-refractivity contribution in [3.8, 4) is 0 Å². The zero-order chi connectivity index (χ0) is 14.1. The van der Waals surface area contributed by atoms with E-state index in [0.717, 1.165) is 38.6 Å². The maximum atomic E-state index is 3.51. The van der Waals surface area contributed by atoms with Gasteiger partial charge >= 0.3 is 0 Å². The third kappa shape index (κ3) is 6.74. The molecule has 0 saturated carbocycles. The second-order valence-corrected chi connectivity index (χ2v) is 5.64. The summed E-state index contributed by atoms with van der Waals surface area (Å²) in [5.41, 5.74) is 2.79. The molecule has 1 rings (SSSR count). The number of benzene rings is 1. The number of hydrogen-bond donors (Lipinski definition) is 1. The standard InChI is InChI=1S/C17H30N2/c1-5-19(6-2)14-17-9-7-16(8-10-17)13-18-12-11-15(3)4/h7-10,15,18H,5-6,11-14H2,1-4H3. The van der Waals surface area contributed by atoms with Crippen LogP contribution < -0.4 is 5.32 Å². The van der Waals surface area contributed by atoms with Crippen molar-refractivity contribution in [2.24, 2.45) is 5.92 Å². The molecule has 0 amide bonds. The lowest BCUT2D eigenvalue weighted by molar-refractivity contribution is 0.296. The van der Waals surface area contributed by atoms with Gasteiger partial charge in [0.05, 0.1) is 0 Å². The quantitative estimate of drug-likeness (QED) is 0.683. The number of rotatable bonds is 9. The Kier molecular flexibility index (Phi) is 7.76. The molecule has 2 nitrogen and oxygen atoms in total. The second kappa shape index (κ2) is 9.11. The van der Waals surface area contributed by atoms with Crippen molar-refractivity contribution in [2.45, 2.75) is 47.2 Å². The Balaban J connectivity index is 2.34. The van der Waals surface area contributed by atoms with Crippen LogP contribution in [0.15, 0.2) is 24.3 Å². The van der Waals surface area contributed by atoms with E-state index in [0.29, 0.717) is 0 Å². The normalized spacial score (nSPS) is 11.5. The summed E-state index contributed by atoms with van der Waals surface area (Å²) in [6.07, 6.45) is 1.25. The number of hydrogen-bond acceptors (Lipinski definition) is 2. The SMILES string of the molecule is CCN(CC)Cc1ccc(CNCCC(C)C)cc1. The summed E-state index contributed by atoms with van der Waals surface area (Å²) in [6, 6.07) is 9.03. The zero-order valence-corrected chi connectivity index (χ0v) is 13.1. The first-order valence-electron chi connectivity index (χ1n) is 7.66. The Labute approximate surface area is 119 Å². The monoisotopic (exact) mass is 262 g/mol. The Morgan fingerprint density at radius 1 is 1.00 bits per heavy atom. The fourth-order valence-corrected chi connectivity index (χ4v) is 2.09. The molecule has 0 aliphatic rings. The molecule has 1 aromatic carbocycles. The minimum Gasteiger partial charge on any atom is -0.313 e. The van der Waals surface area contributed by atoms with Crippen LogP contribution in [0.2, 0.25) is 0 Å². The zero-order valence-electron chi connectivity index (χ0n) is 13.1. The fourth-order valence-electron chi connectivity index (χ4n) is 2.09. The predicted octanol–water partition coefficient (Wildman–Crippen LogP) is 3.66. The van der Waals surface area contributed by atoms with Crippen molar-refractivity contribution in [1.82, 2.24) is 10.2 Å². The van der Waals surface area contributed by atoms with Gasteiger partial charge in [-0.25, -0.2) is 0 Å². The highest BCUT2D eigenvalue weighted by Gasteiger charge is 2.01. The molecule has 0 aliphatic heterocycles. The summed E-state index contributed by atoms with van der Waals surface area (Å²) in [5, 5.41) is 3.51. The van der Waals surface area contributed by atoms with Crippen LogP contribution in [0.3, 0.4) is 0 Å². The Hall–Kier alpha value is -0.860. The van der Waals surface area contributed by atoms with E-state index >= 15 is 0 Å². The Morgan fingerprint density at radius 3 is 2.11 bits per heavy atom. The summed E-state index contributed by atoms with van der Waals surface area (Å²) >= 11 is 0. The van der Waals surface area contributed by atoms with Crippen LogP contribution in [0, 0.1) is 5.92 Å². The molecular formula is C17H30N2. The highest BCUT2D eigenvalue weighted by atomic mass is 15.1. The van der Waals surface area contributed by atoms with Crippen LogP contribution in [0.25, 0.3) is 0 Å². The molecular weight excluding hydrogens is 232 g/mol. The molecule has 108 valence electrons. The lowest BCUT2D eigenvalue weighted by Crippen LogP contribution is -2.22. The largest absolute Gasteiger partial charge is 0.313 e. The van der Waals surface area contributed by atoms with Gasteiger partial charge in [0.15, 0.2) is 0 Å². The van der Waals surface area contributed by atoms with Crippen molar-refractivity contribution in [3.63, 3.8) is 0 Å². The average Bonchev–Trinajstić information content (AvgIpc) is 2.42. The molecule has 19 heavy (non-hydrogen) atoms. The van der Waals surface area contributed by atoms with Gasteiger partial charge in [-0.15, -0.1) is 0 Å². The van der Waals surface area contributed by atoms with Crippen molar-refractivity contribution in [1.29, 1.82) is 0 Å². The highest BCUT2D eigenvalue weighted by molar-refractivity contribution is 5.22. The molecule has 0 heterocycles. The maximum absolute atomic E-state index is 3.51. The molecule has 0 fully saturated rings. The van der Waals surface area contributed by atoms with Crippen LogP contribution in [0.1, 0.15) is 45.2 Å². The van der Waals surface area contributed by atoms with E-state index in [1.165, 1.54) is 17.5 Å². The minimum atomic E-state index is 0.781. The molecule has 0 bridgehead atoms. The maximum Gasteiger partial charge on any atom is 0.0233 e. The molecule has 2 heteroatoms. The van der Waals surface area contributed by atoms with Gasteiger partial charge in [0.2, 0.25) is 0 Å². The van der Waals surface area contributed by atoms with Crippen LogP contribution in [0.4, 0.5) is 0 Å². The van der Waals surface area contributed by atoms with Crippen LogP contribution >= 0.6 is 0 Å². The van der Waals surface area contributed by atoms with Gasteiger partial charge in [0, 0.05) is 13.1 Å². The van der Waals surface area contributed by atoms with Gasteiger partial charge in [-0.05, 0) is 43.1 Å². The molecule has 0 saturated heterocycles. The summed E-state index contributed by atoms with van der Waals surface area (Å²) in [7, 11) is 0. The van der Waals surface area contributed by atoms with Gasteiger partial charge in [-0.2, -0.15) is 0 Å². The molecule has 0 aromatic heterocycles. The molecule has 0 unspecified atom stereocenters. The lowest BCUT2D eigenvalue weighted by Gasteiger charge is -2.18. The summed E-state index contributed by atoms with van der Waals surface area (Å²) in [4.78, 5) is 2.44. The topological polar surface area (TPSA) is 15.3 Å². The molecule has 0 spiro atoms. The second-order valence-electron chi connectivity index (χ2n) is 5.64. The number of nitrogens with one attached hydrogen (secondary N) is 1. The smallest absolute Gasteiger partial charge is 0.0233 e. The van der Waals surface area contributed by atoms with E-state index in [4.69, 9.17) is 0 Å². The van der Waals surface area contributed by atoms with Gasteiger partial charge in [-0.1, -0.05) is 52.0 Å². The first-order valence-corrected chi connectivity index (χ1v) is 7.66. The Morgan fingerprint density at radius 2 is 1.58 bits per heavy atom. The van der Waals surface area contributed by atoms with E-state index in [1.807, 2.05) is 0 Å². The summed E-state index contributed by atoms with van der Waals surface area (Å²) < 4.78 is 0. The highest BCUT2D eigenvalue weighted by Crippen LogP contribution is 2.07. The third-order valence-electron chi connectivity index (χ3n) is 3.55. The van der Waals surface area contributed by atoms with Crippen molar-refractivity contribution in [3.05, 3.63) is 35.4 Å². The van der Waals surface area contributed by atoms with E-state index in [9.17, 15) is 0 Å². The van der Waals surface area contributed by atoms with Crippen LogP contribution in [-0.2, 0) is 13.1 Å². The summed E-state index contributed by atoms with van der Waals surface area (Å²) in [6.45, 7) is 14.4. The Bertz CT molecular complexity index is 326. The molecule has 0 radical (unpaired) electrons. The van der Waals surface area contributed by atoms with Crippen LogP contribution in [0.5, 0.6) is 0 Å². The summed E-state index contributed by atoms with van der Waals surface area (Å²) in [5.74, 6) is 0.781. The molecule has 0 aliphatic carbocycles. The number of nitrogens with zero attached hydrogens (tertiary/aromatic N) is 1. The van der Waals surface area contributed by atoms with Gasteiger partial charge in [0.25, 0.3) is 0 Å². The predicted molar refractivity (Wildman–Crippen MR) is 84.2 cm³/mol. The molecule has 1 aromatic rings. The van der Waals surface area contributed by atoms with Gasteiger partial charge in [-0.3, -0.25) is 4.90 Å². The van der Waals surface area contributed by atoms with Crippen molar-refractivity contribution in [2.75, 3.05) is 19.6 Å². The van der Waals surface area contributed by atoms with Gasteiger partial charge < -0.3 is 5.32 Å².